The summed E-state index contributed by atoms with van der Waals surface area (Å²) in [6.45, 7) is 2.88. The molecular formula is C11H16N6OS. The van der Waals surface area contributed by atoms with Crippen LogP contribution >= 0.6 is 11.8 Å². The van der Waals surface area contributed by atoms with Gasteiger partial charge in [0.15, 0.2) is 5.16 Å². The van der Waals surface area contributed by atoms with E-state index in [0.717, 1.165) is 18.1 Å². The van der Waals surface area contributed by atoms with Crippen molar-refractivity contribution in [1.29, 1.82) is 0 Å². The van der Waals surface area contributed by atoms with Crippen molar-refractivity contribution in [1.82, 2.24) is 24.5 Å². The normalized spacial score (nSPS) is 10.5. The predicted octanol–water partition coefficient (Wildman–Crippen LogP) is 1.59. The number of aryl methyl sites for hydroxylation is 1. The molecule has 0 radical (unpaired) electrons. The highest BCUT2D eigenvalue weighted by Crippen LogP contribution is 2.24. The van der Waals surface area contributed by atoms with E-state index in [4.69, 9.17) is 4.74 Å². The topological polar surface area (TPSA) is 77.8 Å². The molecule has 2 heterocycles. The van der Waals surface area contributed by atoms with Gasteiger partial charge in [0.2, 0.25) is 11.1 Å². The number of hydrogen-bond donors (Lipinski definition) is 1. The standard InChI is InChI=1S/C11H16N6OS/c1-4-5-12-8-14-9(18-3)16-10(15-8)19-11-13-6-7-17(11)2/h6-7H,4-5H2,1-3H3,(H,12,14,15,16). The second-order valence-electron chi connectivity index (χ2n) is 3.78. The van der Waals surface area contributed by atoms with Gasteiger partial charge in [0, 0.05) is 26.0 Å². The molecule has 102 valence electrons. The number of methoxy groups -OCH3 is 1. The molecule has 0 aliphatic rings. The van der Waals surface area contributed by atoms with Crippen molar-refractivity contribution >= 4 is 17.7 Å². The van der Waals surface area contributed by atoms with Crippen molar-refractivity contribution in [2.45, 2.75) is 23.7 Å². The molecule has 0 fully saturated rings. The number of nitrogens with zero attached hydrogens (tertiary/aromatic N) is 5. The maximum Gasteiger partial charge on any atom is 0.321 e. The third-order valence-electron chi connectivity index (χ3n) is 2.27. The van der Waals surface area contributed by atoms with Crippen molar-refractivity contribution in [3.8, 4) is 6.01 Å². The Hall–Kier alpha value is -1.83. The average Bonchev–Trinajstić information content (AvgIpc) is 2.81. The van der Waals surface area contributed by atoms with Crippen molar-refractivity contribution < 1.29 is 4.74 Å². The zero-order valence-corrected chi connectivity index (χ0v) is 11.9. The molecule has 0 aliphatic carbocycles. The summed E-state index contributed by atoms with van der Waals surface area (Å²) in [7, 11) is 3.46. The van der Waals surface area contributed by atoms with E-state index in [1.165, 1.54) is 18.9 Å². The van der Waals surface area contributed by atoms with Crippen LogP contribution in [0.25, 0.3) is 0 Å². The Labute approximate surface area is 115 Å². The Balaban J connectivity index is 2.21. The van der Waals surface area contributed by atoms with Gasteiger partial charge in [-0.05, 0) is 18.2 Å². The van der Waals surface area contributed by atoms with Gasteiger partial charge in [-0.3, -0.25) is 0 Å². The Morgan fingerprint density at radius 1 is 1.37 bits per heavy atom. The number of anilines is 1. The first-order chi connectivity index (χ1) is 9.22. The molecule has 0 aromatic carbocycles. The van der Waals surface area contributed by atoms with Crippen LogP contribution in [0.5, 0.6) is 6.01 Å². The lowest BCUT2D eigenvalue weighted by molar-refractivity contribution is 0.373. The fourth-order valence-corrected chi connectivity index (χ4v) is 2.06. The van der Waals surface area contributed by atoms with Crippen LogP contribution in [-0.2, 0) is 7.05 Å². The summed E-state index contributed by atoms with van der Waals surface area (Å²) in [5.41, 5.74) is 0. The molecule has 0 bridgehead atoms. The first-order valence-corrected chi connectivity index (χ1v) is 6.73. The zero-order valence-electron chi connectivity index (χ0n) is 11.1. The number of ether oxygens (including phenoxy) is 1. The molecule has 2 aromatic rings. The molecule has 0 spiro atoms. The third kappa shape index (κ3) is 3.57. The fourth-order valence-electron chi connectivity index (χ4n) is 1.32. The van der Waals surface area contributed by atoms with Crippen LogP contribution in [0.3, 0.4) is 0 Å². The summed E-state index contributed by atoms with van der Waals surface area (Å²) >= 11 is 1.37. The van der Waals surface area contributed by atoms with Crippen LogP contribution in [0.2, 0.25) is 0 Å². The van der Waals surface area contributed by atoms with E-state index in [2.05, 4.69) is 32.2 Å². The van der Waals surface area contributed by atoms with E-state index in [-0.39, 0.29) is 0 Å². The number of hydrogen-bond acceptors (Lipinski definition) is 7. The Morgan fingerprint density at radius 2 is 2.21 bits per heavy atom. The van der Waals surface area contributed by atoms with Gasteiger partial charge in [-0.25, -0.2) is 4.98 Å². The maximum atomic E-state index is 5.08. The van der Waals surface area contributed by atoms with Crippen LogP contribution in [-0.4, -0.2) is 38.2 Å². The Morgan fingerprint density at radius 3 is 2.84 bits per heavy atom. The molecular weight excluding hydrogens is 264 g/mol. The zero-order chi connectivity index (χ0) is 13.7. The van der Waals surface area contributed by atoms with Gasteiger partial charge in [0.1, 0.15) is 0 Å². The first kappa shape index (κ1) is 13.6. The van der Waals surface area contributed by atoms with Gasteiger partial charge < -0.3 is 14.6 Å². The number of rotatable bonds is 6. The number of aromatic nitrogens is 5. The number of nitrogens with one attached hydrogen (secondary N) is 1. The van der Waals surface area contributed by atoms with E-state index in [1.807, 2.05) is 17.8 Å². The van der Waals surface area contributed by atoms with Crippen LogP contribution in [0.4, 0.5) is 5.95 Å². The third-order valence-corrected chi connectivity index (χ3v) is 3.21. The molecule has 2 rings (SSSR count). The van der Waals surface area contributed by atoms with Gasteiger partial charge in [-0.1, -0.05) is 6.92 Å². The van der Waals surface area contributed by atoms with E-state index in [9.17, 15) is 0 Å². The van der Waals surface area contributed by atoms with Gasteiger partial charge in [0.25, 0.3) is 0 Å². The first-order valence-electron chi connectivity index (χ1n) is 5.92. The second kappa shape index (κ2) is 6.37. The van der Waals surface area contributed by atoms with E-state index in [1.54, 1.807) is 6.20 Å². The minimum atomic E-state index is 0.297. The molecule has 0 saturated heterocycles. The lowest BCUT2D eigenvalue weighted by atomic mass is 10.5. The summed E-state index contributed by atoms with van der Waals surface area (Å²) in [6.07, 6.45) is 4.60. The van der Waals surface area contributed by atoms with E-state index < -0.39 is 0 Å². The maximum absolute atomic E-state index is 5.08. The summed E-state index contributed by atoms with van der Waals surface area (Å²) in [5, 5.41) is 4.49. The summed E-state index contributed by atoms with van der Waals surface area (Å²) in [4.78, 5) is 16.9. The van der Waals surface area contributed by atoms with Crippen LogP contribution in [0.1, 0.15) is 13.3 Å². The van der Waals surface area contributed by atoms with Crippen molar-refractivity contribution in [2.24, 2.45) is 7.05 Å². The highest BCUT2D eigenvalue weighted by Gasteiger charge is 2.10. The quantitative estimate of drug-likeness (QED) is 0.860. The van der Waals surface area contributed by atoms with Gasteiger partial charge >= 0.3 is 6.01 Å². The summed E-state index contributed by atoms with van der Waals surface area (Å²) < 4.78 is 6.98. The van der Waals surface area contributed by atoms with Crippen molar-refractivity contribution in [2.75, 3.05) is 19.0 Å². The molecule has 19 heavy (non-hydrogen) atoms. The van der Waals surface area contributed by atoms with Gasteiger partial charge in [0.05, 0.1) is 7.11 Å². The highest BCUT2D eigenvalue weighted by atomic mass is 32.2. The molecule has 0 atom stereocenters. The molecule has 1 N–H and O–H groups in total. The molecule has 0 saturated carbocycles. The fraction of sp³-hybridized carbons (Fsp3) is 0.455. The SMILES string of the molecule is CCCNc1nc(OC)nc(Sc2nccn2C)n1. The average molecular weight is 280 g/mol. The molecule has 0 amide bonds. The number of imidazole rings is 1. The van der Waals surface area contributed by atoms with Crippen LogP contribution in [0.15, 0.2) is 22.7 Å². The molecule has 0 aliphatic heterocycles. The van der Waals surface area contributed by atoms with E-state index >= 15 is 0 Å². The molecule has 8 heteroatoms. The summed E-state index contributed by atoms with van der Waals surface area (Å²) in [6, 6.07) is 0.297. The predicted molar refractivity (Wildman–Crippen MR) is 72.5 cm³/mol. The molecule has 7 nitrogen and oxygen atoms in total. The summed E-state index contributed by atoms with van der Waals surface area (Å²) in [5.74, 6) is 0.519. The van der Waals surface area contributed by atoms with Crippen LogP contribution in [0, 0.1) is 0 Å². The lowest BCUT2D eigenvalue weighted by Gasteiger charge is -2.06. The Bertz CT molecular complexity index is 544. The van der Waals surface area contributed by atoms with Gasteiger partial charge in [-0.2, -0.15) is 15.0 Å². The van der Waals surface area contributed by atoms with Crippen molar-refractivity contribution in [3.63, 3.8) is 0 Å². The van der Waals surface area contributed by atoms with Crippen LogP contribution < -0.4 is 10.1 Å². The molecule has 2 aromatic heterocycles. The smallest absolute Gasteiger partial charge is 0.321 e. The Kier molecular flexibility index (Phi) is 4.56. The minimum Gasteiger partial charge on any atom is -0.467 e. The minimum absolute atomic E-state index is 0.297. The monoisotopic (exact) mass is 280 g/mol. The second-order valence-corrected chi connectivity index (χ2v) is 4.71. The highest BCUT2D eigenvalue weighted by molar-refractivity contribution is 7.99. The van der Waals surface area contributed by atoms with E-state index in [0.29, 0.717) is 17.1 Å². The van der Waals surface area contributed by atoms with Crippen molar-refractivity contribution in [3.05, 3.63) is 12.4 Å². The molecule has 0 unspecified atom stereocenters. The largest absolute Gasteiger partial charge is 0.467 e. The lowest BCUT2D eigenvalue weighted by Crippen LogP contribution is -2.07. The van der Waals surface area contributed by atoms with Gasteiger partial charge in [-0.15, -0.1) is 0 Å².